The van der Waals surface area contributed by atoms with E-state index in [-0.39, 0.29) is 0 Å². The molecule has 0 atom stereocenters. The molecule has 0 spiro atoms. The van der Waals surface area contributed by atoms with E-state index in [0.717, 1.165) is 35.8 Å². The summed E-state index contributed by atoms with van der Waals surface area (Å²) in [6.45, 7) is 3.19. The van der Waals surface area contributed by atoms with Crippen molar-refractivity contribution in [2.75, 3.05) is 5.32 Å². The summed E-state index contributed by atoms with van der Waals surface area (Å²) in [5.41, 5.74) is 4.33. The minimum absolute atomic E-state index is 0.537. The average molecular weight is 418 g/mol. The van der Waals surface area contributed by atoms with Gasteiger partial charge < -0.3 is 9.88 Å². The molecule has 0 saturated heterocycles. The van der Waals surface area contributed by atoms with Crippen LogP contribution in [0.1, 0.15) is 19.8 Å². The summed E-state index contributed by atoms with van der Waals surface area (Å²) in [4.78, 5) is 0. The Morgan fingerprint density at radius 1 is 0.778 bits per heavy atom. The monoisotopic (exact) mass is 416 g/mol. The van der Waals surface area contributed by atoms with E-state index in [4.69, 9.17) is 34.8 Å². The minimum Gasteiger partial charge on any atom is -0.355 e. The lowest BCUT2D eigenvalue weighted by Gasteiger charge is -2.10. The van der Waals surface area contributed by atoms with Gasteiger partial charge in [-0.25, -0.2) is 0 Å². The fourth-order valence-electron chi connectivity index (χ4n) is 3.45. The third-order valence-corrected chi connectivity index (χ3v) is 5.75. The van der Waals surface area contributed by atoms with Gasteiger partial charge in [0.1, 0.15) is 0 Å². The molecule has 0 saturated carbocycles. The van der Waals surface area contributed by atoms with E-state index in [1.54, 1.807) is 6.07 Å². The first-order valence-corrected chi connectivity index (χ1v) is 10.1. The molecule has 1 aromatic heterocycles. The van der Waals surface area contributed by atoms with Gasteiger partial charge in [0.2, 0.25) is 0 Å². The molecule has 0 aliphatic heterocycles. The predicted molar refractivity (Wildman–Crippen MR) is 119 cm³/mol. The number of nitrogens with one attached hydrogen (secondary N) is 1. The van der Waals surface area contributed by atoms with Crippen molar-refractivity contribution >= 4 is 68.0 Å². The van der Waals surface area contributed by atoms with Gasteiger partial charge in [-0.15, -0.1) is 0 Å². The molecule has 0 aliphatic carbocycles. The zero-order valence-corrected chi connectivity index (χ0v) is 17.2. The van der Waals surface area contributed by atoms with Gasteiger partial charge >= 0.3 is 0 Å². The number of benzene rings is 3. The molecule has 138 valence electrons. The van der Waals surface area contributed by atoms with Gasteiger partial charge in [-0.05, 0) is 55.0 Å². The van der Waals surface area contributed by atoms with Gasteiger partial charge in [0.25, 0.3) is 0 Å². The molecule has 3 aromatic carbocycles. The molecular formula is C22H19Cl3N2. The van der Waals surface area contributed by atoms with E-state index < -0.39 is 0 Å². The molecule has 27 heavy (non-hydrogen) atoms. The SMILES string of the molecule is CCCCn1c2ccc(Cl)cc2c2ccc(Nc3ccc(Cl)c(Cl)c3)cc21. The number of anilines is 2. The van der Waals surface area contributed by atoms with Crippen LogP contribution in [0.4, 0.5) is 11.4 Å². The van der Waals surface area contributed by atoms with Crippen molar-refractivity contribution < 1.29 is 0 Å². The Morgan fingerprint density at radius 3 is 2.33 bits per heavy atom. The average Bonchev–Trinajstić information content (AvgIpc) is 2.95. The molecule has 2 nitrogen and oxygen atoms in total. The number of rotatable bonds is 5. The van der Waals surface area contributed by atoms with Crippen molar-refractivity contribution in [3.63, 3.8) is 0 Å². The Labute approximate surface area is 173 Å². The van der Waals surface area contributed by atoms with Crippen LogP contribution < -0.4 is 5.32 Å². The number of halogens is 3. The Morgan fingerprint density at radius 2 is 1.56 bits per heavy atom. The van der Waals surface area contributed by atoms with Crippen LogP contribution >= 0.6 is 34.8 Å². The molecule has 4 rings (SSSR count). The van der Waals surface area contributed by atoms with E-state index in [1.807, 2.05) is 24.3 Å². The number of unbranched alkanes of at least 4 members (excludes halogenated alkanes) is 1. The number of aromatic nitrogens is 1. The fraction of sp³-hybridized carbons (Fsp3) is 0.182. The molecule has 0 aliphatic rings. The van der Waals surface area contributed by atoms with Crippen LogP contribution in [0, 0.1) is 0 Å². The Kier molecular flexibility index (Phi) is 5.23. The van der Waals surface area contributed by atoms with Crippen LogP contribution in [-0.2, 0) is 6.54 Å². The van der Waals surface area contributed by atoms with Crippen LogP contribution in [0.5, 0.6) is 0 Å². The summed E-state index contributed by atoms with van der Waals surface area (Å²) in [6.07, 6.45) is 2.28. The molecule has 1 heterocycles. The largest absolute Gasteiger partial charge is 0.355 e. The van der Waals surface area contributed by atoms with Gasteiger partial charge in [0.05, 0.1) is 15.6 Å². The first-order valence-electron chi connectivity index (χ1n) is 9.00. The molecule has 0 amide bonds. The van der Waals surface area contributed by atoms with E-state index >= 15 is 0 Å². The van der Waals surface area contributed by atoms with Crippen LogP contribution in [0.15, 0.2) is 54.6 Å². The number of aryl methyl sites for hydroxylation is 1. The van der Waals surface area contributed by atoms with Gasteiger partial charge in [-0.2, -0.15) is 0 Å². The number of hydrogen-bond donors (Lipinski definition) is 1. The van der Waals surface area contributed by atoms with Crippen LogP contribution in [-0.4, -0.2) is 4.57 Å². The highest BCUT2D eigenvalue weighted by atomic mass is 35.5. The predicted octanol–water partition coefficient (Wildman–Crippen LogP) is 8.30. The summed E-state index contributed by atoms with van der Waals surface area (Å²) in [5.74, 6) is 0. The first-order chi connectivity index (χ1) is 13.1. The van der Waals surface area contributed by atoms with E-state index in [1.165, 1.54) is 21.8 Å². The van der Waals surface area contributed by atoms with E-state index in [2.05, 4.69) is 41.1 Å². The van der Waals surface area contributed by atoms with E-state index in [9.17, 15) is 0 Å². The topological polar surface area (TPSA) is 17.0 Å². The molecule has 5 heteroatoms. The maximum Gasteiger partial charge on any atom is 0.0612 e. The fourth-order valence-corrected chi connectivity index (χ4v) is 3.92. The van der Waals surface area contributed by atoms with Crippen molar-refractivity contribution in [2.45, 2.75) is 26.3 Å². The maximum absolute atomic E-state index is 6.25. The second kappa shape index (κ2) is 7.63. The highest BCUT2D eigenvalue weighted by Gasteiger charge is 2.12. The van der Waals surface area contributed by atoms with Crippen molar-refractivity contribution in [3.8, 4) is 0 Å². The van der Waals surface area contributed by atoms with Crippen LogP contribution in [0.25, 0.3) is 21.8 Å². The van der Waals surface area contributed by atoms with Crippen LogP contribution in [0.3, 0.4) is 0 Å². The first kappa shape index (κ1) is 18.5. The molecule has 0 fully saturated rings. The second-order valence-corrected chi connectivity index (χ2v) is 7.90. The molecule has 0 bridgehead atoms. The lowest BCUT2D eigenvalue weighted by Crippen LogP contribution is -1.98. The standard InChI is InChI=1S/C22H19Cl3N2/c1-2-3-10-27-21-9-4-14(23)11-18(21)17-7-5-16(13-22(17)27)26-15-6-8-19(24)20(25)12-15/h4-9,11-13,26H,2-3,10H2,1H3. The third kappa shape index (κ3) is 3.62. The summed E-state index contributed by atoms with van der Waals surface area (Å²) in [5, 5.41) is 7.67. The number of hydrogen-bond acceptors (Lipinski definition) is 1. The lowest BCUT2D eigenvalue weighted by molar-refractivity contribution is 0.665. The van der Waals surface area contributed by atoms with Crippen molar-refractivity contribution in [2.24, 2.45) is 0 Å². The van der Waals surface area contributed by atoms with Gasteiger partial charge in [-0.1, -0.05) is 54.2 Å². The zero-order chi connectivity index (χ0) is 19.0. The van der Waals surface area contributed by atoms with Gasteiger partial charge in [0.15, 0.2) is 0 Å². The maximum atomic E-state index is 6.25. The molecule has 1 N–H and O–H groups in total. The number of nitrogens with zero attached hydrogens (tertiary/aromatic N) is 1. The lowest BCUT2D eigenvalue weighted by atomic mass is 10.1. The van der Waals surface area contributed by atoms with Crippen molar-refractivity contribution in [1.82, 2.24) is 4.57 Å². The number of fused-ring (bicyclic) bond motifs is 3. The summed E-state index contributed by atoms with van der Waals surface area (Å²) in [7, 11) is 0. The Bertz CT molecular complexity index is 1130. The highest BCUT2D eigenvalue weighted by molar-refractivity contribution is 6.42. The zero-order valence-electron chi connectivity index (χ0n) is 14.9. The summed E-state index contributed by atoms with van der Waals surface area (Å²) >= 11 is 18.4. The van der Waals surface area contributed by atoms with Crippen molar-refractivity contribution in [1.29, 1.82) is 0 Å². The van der Waals surface area contributed by atoms with Gasteiger partial charge in [-0.3, -0.25) is 0 Å². The second-order valence-electron chi connectivity index (χ2n) is 6.65. The Hall–Kier alpha value is -1.87. The van der Waals surface area contributed by atoms with Crippen LogP contribution in [0.2, 0.25) is 15.1 Å². The summed E-state index contributed by atoms with van der Waals surface area (Å²) < 4.78 is 2.38. The van der Waals surface area contributed by atoms with Gasteiger partial charge in [0, 0.05) is 39.2 Å². The smallest absolute Gasteiger partial charge is 0.0612 e. The molecule has 4 aromatic rings. The van der Waals surface area contributed by atoms with Crippen molar-refractivity contribution in [3.05, 3.63) is 69.7 Å². The molecular weight excluding hydrogens is 399 g/mol. The summed E-state index contributed by atoms with van der Waals surface area (Å²) in [6, 6.07) is 18.1. The highest BCUT2D eigenvalue weighted by Crippen LogP contribution is 2.34. The Balaban J connectivity index is 1.82. The minimum atomic E-state index is 0.537. The quantitative estimate of drug-likeness (QED) is 0.345. The normalized spacial score (nSPS) is 11.4. The van der Waals surface area contributed by atoms with E-state index in [0.29, 0.717) is 10.0 Å². The molecule has 0 unspecified atom stereocenters. The third-order valence-electron chi connectivity index (χ3n) is 4.77. The molecule has 0 radical (unpaired) electrons.